The van der Waals surface area contributed by atoms with Crippen LogP contribution in [0.4, 0.5) is 10.1 Å². The molecule has 0 heterocycles. The molecule has 0 radical (unpaired) electrons. The molecular weight excluding hydrogens is 297 g/mol. The fourth-order valence-corrected chi connectivity index (χ4v) is 2.82. The molecule has 1 aromatic rings. The zero-order valence-corrected chi connectivity index (χ0v) is 13.7. The number of hydrogen-bond donors (Lipinski definition) is 1. The van der Waals surface area contributed by atoms with Gasteiger partial charge in [-0.3, -0.25) is 9.59 Å². The first-order valence-corrected chi connectivity index (χ1v) is 8.19. The molecule has 126 valence electrons. The Balaban J connectivity index is 1.69. The maximum absolute atomic E-state index is 12.8. The summed E-state index contributed by atoms with van der Waals surface area (Å²) in [5.41, 5.74) is 0.514. The third kappa shape index (κ3) is 5.66. The van der Waals surface area contributed by atoms with E-state index in [0.29, 0.717) is 17.5 Å². The van der Waals surface area contributed by atoms with Gasteiger partial charge in [0.2, 0.25) is 5.91 Å². The Labute approximate surface area is 136 Å². The second kappa shape index (κ2) is 8.09. The van der Waals surface area contributed by atoms with Crippen LogP contribution in [0, 0.1) is 17.7 Å². The molecule has 4 nitrogen and oxygen atoms in total. The molecule has 0 spiro atoms. The number of esters is 1. The number of nitrogens with one attached hydrogen (secondary N) is 1. The van der Waals surface area contributed by atoms with Crippen molar-refractivity contribution in [3.8, 4) is 0 Å². The molecule has 0 saturated heterocycles. The van der Waals surface area contributed by atoms with Crippen molar-refractivity contribution in [2.75, 3.05) is 5.32 Å². The first kappa shape index (κ1) is 17.4. The van der Waals surface area contributed by atoms with Gasteiger partial charge in [0.1, 0.15) is 11.9 Å². The van der Waals surface area contributed by atoms with Gasteiger partial charge >= 0.3 is 5.97 Å². The molecule has 2 rings (SSSR count). The smallest absolute Gasteiger partial charge is 0.306 e. The van der Waals surface area contributed by atoms with Crippen LogP contribution in [0.1, 0.15) is 46.0 Å². The van der Waals surface area contributed by atoms with Gasteiger partial charge in [-0.15, -0.1) is 0 Å². The van der Waals surface area contributed by atoms with E-state index in [1.165, 1.54) is 24.3 Å². The van der Waals surface area contributed by atoms with Crippen LogP contribution in [0.2, 0.25) is 0 Å². The average molecular weight is 321 g/mol. The zero-order chi connectivity index (χ0) is 16.8. The molecule has 1 aliphatic rings. The van der Waals surface area contributed by atoms with Crippen molar-refractivity contribution >= 4 is 17.6 Å². The van der Waals surface area contributed by atoms with E-state index in [9.17, 15) is 14.0 Å². The summed E-state index contributed by atoms with van der Waals surface area (Å²) in [6, 6.07) is 5.51. The zero-order valence-electron chi connectivity index (χ0n) is 13.7. The van der Waals surface area contributed by atoms with E-state index < -0.39 is 0 Å². The summed E-state index contributed by atoms with van der Waals surface area (Å²) in [5, 5.41) is 2.63. The summed E-state index contributed by atoms with van der Waals surface area (Å²) in [5.74, 6) is 0.266. The number of hydrogen-bond acceptors (Lipinski definition) is 3. The molecule has 0 bridgehead atoms. The summed E-state index contributed by atoms with van der Waals surface area (Å²) in [4.78, 5) is 23.6. The first-order chi connectivity index (χ1) is 10.9. The maximum atomic E-state index is 12.8. The molecular formula is C18H24FNO3. The number of benzene rings is 1. The van der Waals surface area contributed by atoms with Crippen LogP contribution in [0.25, 0.3) is 0 Å². The quantitative estimate of drug-likeness (QED) is 0.837. The molecule has 1 amide bonds. The lowest BCUT2D eigenvalue weighted by Crippen LogP contribution is -2.29. The number of ether oxygens (including phenoxy) is 1. The van der Waals surface area contributed by atoms with Crippen LogP contribution in [-0.4, -0.2) is 18.0 Å². The number of carbonyl (C=O) groups is 2. The lowest BCUT2D eigenvalue weighted by molar-refractivity contribution is -0.152. The van der Waals surface area contributed by atoms with Gasteiger partial charge in [-0.2, -0.15) is 0 Å². The minimum Gasteiger partial charge on any atom is -0.462 e. The standard InChI is InChI=1S/C18H24FNO3/c1-12-3-8-16(11-13(12)2)23-18(22)10-9-17(21)20-15-6-4-14(19)5-7-15/h4-7,12-13,16H,3,8-11H2,1-2H3,(H,20,21)/t12-,13-,16-/m1/s1. The van der Waals surface area contributed by atoms with Crippen LogP contribution in [-0.2, 0) is 14.3 Å². The molecule has 3 atom stereocenters. The SMILES string of the molecule is C[C@@H]1CC[C@@H](OC(=O)CCC(=O)Nc2ccc(F)cc2)C[C@H]1C. The average Bonchev–Trinajstić information content (AvgIpc) is 2.51. The third-order valence-corrected chi connectivity index (χ3v) is 4.53. The van der Waals surface area contributed by atoms with Crippen LogP contribution < -0.4 is 5.32 Å². The molecule has 1 N–H and O–H groups in total. The predicted molar refractivity (Wildman–Crippen MR) is 86.3 cm³/mol. The van der Waals surface area contributed by atoms with Gasteiger partial charge in [0.05, 0.1) is 6.42 Å². The summed E-state index contributed by atoms with van der Waals surface area (Å²) in [6.45, 7) is 4.41. The highest BCUT2D eigenvalue weighted by atomic mass is 19.1. The maximum Gasteiger partial charge on any atom is 0.306 e. The second-order valence-electron chi connectivity index (χ2n) is 6.43. The van der Waals surface area contributed by atoms with Crippen molar-refractivity contribution in [3.63, 3.8) is 0 Å². The third-order valence-electron chi connectivity index (χ3n) is 4.53. The van der Waals surface area contributed by atoms with Gasteiger partial charge in [0.15, 0.2) is 0 Å². The highest BCUT2D eigenvalue weighted by Crippen LogP contribution is 2.31. The first-order valence-electron chi connectivity index (χ1n) is 8.19. The Morgan fingerprint density at radius 1 is 1.13 bits per heavy atom. The molecule has 0 aliphatic heterocycles. The minimum absolute atomic E-state index is 0.0196. The van der Waals surface area contributed by atoms with Crippen LogP contribution in [0.5, 0.6) is 0 Å². The van der Waals surface area contributed by atoms with Crippen molar-refractivity contribution in [1.29, 1.82) is 0 Å². The number of rotatable bonds is 5. The van der Waals surface area contributed by atoms with Gasteiger partial charge in [0.25, 0.3) is 0 Å². The summed E-state index contributed by atoms with van der Waals surface area (Å²) >= 11 is 0. The van der Waals surface area contributed by atoms with E-state index >= 15 is 0 Å². The number of anilines is 1. The number of halogens is 1. The van der Waals surface area contributed by atoms with Crippen LogP contribution >= 0.6 is 0 Å². The molecule has 23 heavy (non-hydrogen) atoms. The second-order valence-corrected chi connectivity index (χ2v) is 6.43. The fourth-order valence-electron chi connectivity index (χ4n) is 2.82. The molecule has 0 unspecified atom stereocenters. The van der Waals surface area contributed by atoms with Gasteiger partial charge in [0, 0.05) is 12.1 Å². The largest absolute Gasteiger partial charge is 0.462 e. The highest BCUT2D eigenvalue weighted by molar-refractivity contribution is 5.92. The lowest BCUT2D eigenvalue weighted by Gasteiger charge is -2.31. The van der Waals surface area contributed by atoms with Crippen LogP contribution in [0.3, 0.4) is 0 Å². The van der Waals surface area contributed by atoms with Crippen molar-refractivity contribution < 1.29 is 18.7 Å². The minimum atomic E-state index is -0.359. The van der Waals surface area contributed by atoms with E-state index in [0.717, 1.165) is 19.3 Å². The highest BCUT2D eigenvalue weighted by Gasteiger charge is 2.27. The van der Waals surface area contributed by atoms with E-state index in [4.69, 9.17) is 4.74 Å². The van der Waals surface area contributed by atoms with Gasteiger partial charge in [-0.1, -0.05) is 13.8 Å². The van der Waals surface area contributed by atoms with Gasteiger partial charge in [-0.25, -0.2) is 4.39 Å². The van der Waals surface area contributed by atoms with Crippen molar-refractivity contribution in [1.82, 2.24) is 0 Å². The summed E-state index contributed by atoms with van der Waals surface area (Å²) in [7, 11) is 0. The molecule has 1 saturated carbocycles. The molecule has 1 aliphatic carbocycles. The van der Waals surface area contributed by atoms with Crippen LogP contribution in [0.15, 0.2) is 24.3 Å². The monoisotopic (exact) mass is 321 g/mol. The van der Waals surface area contributed by atoms with Crippen molar-refractivity contribution in [3.05, 3.63) is 30.1 Å². The van der Waals surface area contributed by atoms with Crippen molar-refractivity contribution in [2.45, 2.75) is 52.1 Å². The Kier molecular flexibility index (Phi) is 6.13. The molecule has 0 aromatic heterocycles. The normalized spacial score (nSPS) is 24.0. The Morgan fingerprint density at radius 3 is 2.48 bits per heavy atom. The Morgan fingerprint density at radius 2 is 1.83 bits per heavy atom. The predicted octanol–water partition coefficient (Wildman–Crippen LogP) is 3.91. The summed E-state index contributed by atoms with van der Waals surface area (Å²) < 4.78 is 18.2. The van der Waals surface area contributed by atoms with E-state index in [2.05, 4.69) is 19.2 Å². The van der Waals surface area contributed by atoms with Gasteiger partial charge in [-0.05, 0) is 55.4 Å². The van der Waals surface area contributed by atoms with Crippen molar-refractivity contribution in [2.24, 2.45) is 11.8 Å². The number of amides is 1. The Bertz CT molecular complexity index is 544. The molecule has 1 aromatic carbocycles. The summed E-state index contributed by atoms with van der Waals surface area (Å²) in [6.07, 6.45) is 2.98. The molecule has 5 heteroatoms. The van der Waals surface area contributed by atoms with E-state index in [1.54, 1.807) is 0 Å². The van der Waals surface area contributed by atoms with E-state index in [1.807, 2.05) is 0 Å². The molecule has 1 fully saturated rings. The fraction of sp³-hybridized carbons (Fsp3) is 0.556. The Hall–Kier alpha value is -1.91. The number of carbonyl (C=O) groups excluding carboxylic acids is 2. The lowest BCUT2D eigenvalue weighted by atomic mass is 9.80. The topological polar surface area (TPSA) is 55.4 Å². The van der Waals surface area contributed by atoms with Gasteiger partial charge < -0.3 is 10.1 Å². The van der Waals surface area contributed by atoms with E-state index in [-0.39, 0.29) is 36.6 Å².